The Hall–Kier alpha value is -3.31. The molecule has 2 heterocycles. The van der Waals surface area contributed by atoms with Gasteiger partial charge in [0.1, 0.15) is 5.84 Å². The number of benzene rings is 3. The second-order valence-corrected chi connectivity index (χ2v) is 8.39. The molecule has 2 aliphatic rings. The molecule has 0 aromatic heterocycles. The molecule has 32 heavy (non-hydrogen) atoms. The quantitative estimate of drug-likeness (QED) is 0.646. The van der Waals surface area contributed by atoms with Crippen molar-refractivity contribution in [2.75, 3.05) is 27.3 Å². The zero-order valence-corrected chi connectivity index (χ0v) is 18.5. The van der Waals surface area contributed by atoms with E-state index in [1.54, 1.807) is 14.2 Å². The number of methoxy groups -OCH3 is 2. The predicted octanol–water partition coefficient (Wildman–Crippen LogP) is 3.95. The molecule has 0 radical (unpaired) electrons. The molecule has 3 aromatic carbocycles. The van der Waals surface area contributed by atoms with Crippen LogP contribution in [0.2, 0.25) is 0 Å². The maximum Gasteiger partial charge on any atom is 0.169 e. The molecule has 5 heteroatoms. The van der Waals surface area contributed by atoms with Gasteiger partial charge in [-0.3, -0.25) is 4.99 Å². The fourth-order valence-electron chi connectivity index (χ4n) is 4.81. The van der Waals surface area contributed by atoms with Gasteiger partial charge in [-0.1, -0.05) is 54.6 Å². The van der Waals surface area contributed by atoms with Crippen LogP contribution in [0, 0.1) is 0 Å². The fourth-order valence-corrected chi connectivity index (χ4v) is 4.81. The summed E-state index contributed by atoms with van der Waals surface area (Å²) in [5, 5.41) is 11.8. The Bertz CT molecular complexity index is 1160. The van der Waals surface area contributed by atoms with Crippen LogP contribution in [0.15, 0.2) is 71.7 Å². The van der Waals surface area contributed by atoms with E-state index in [1.165, 1.54) is 11.1 Å². The second-order valence-electron chi connectivity index (χ2n) is 8.39. The minimum atomic E-state index is -1.06. The number of aliphatic imine (C=N–C) groups is 1. The Morgan fingerprint density at radius 1 is 0.906 bits per heavy atom. The zero-order valence-electron chi connectivity index (χ0n) is 18.5. The Labute approximate surface area is 188 Å². The van der Waals surface area contributed by atoms with Crippen LogP contribution in [0.5, 0.6) is 11.5 Å². The third-order valence-electron chi connectivity index (χ3n) is 6.55. The molecule has 3 aromatic rings. The number of amidine groups is 1. The van der Waals surface area contributed by atoms with E-state index in [1.807, 2.05) is 24.3 Å². The summed E-state index contributed by atoms with van der Waals surface area (Å²) in [4.78, 5) is 6.75. The lowest BCUT2D eigenvalue weighted by Gasteiger charge is -2.43. The Morgan fingerprint density at radius 2 is 1.62 bits per heavy atom. The first-order valence-corrected chi connectivity index (χ1v) is 11.1. The number of aryl methyl sites for hydroxylation is 2. The molecule has 0 saturated heterocycles. The normalized spacial score (nSPS) is 19.2. The summed E-state index contributed by atoms with van der Waals surface area (Å²) < 4.78 is 10.7. The Morgan fingerprint density at radius 3 is 2.41 bits per heavy atom. The third kappa shape index (κ3) is 3.53. The molecule has 0 spiro atoms. The van der Waals surface area contributed by atoms with E-state index in [-0.39, 0.29) is 0 Å². The average molecular weight is 429 g/mol. The molecule has 1 atom stereocenters. The van der Waals surface area contributed by atoms with Gasteiger partial charge in [0.15, 0.2) is 17.2 Å². The molecule has 1 N–H and O–H groups in total. The van der Waals surface area contributed by atoms with Crippen molar-refractivity contribution in [3.05, 3.63) is 94.5 Å². The molecule has 164 valence electrons. The predicted molar refractivity (Wildman–Crippen MR) is 126 cm³/mol. The standard InChI is InChI=1S/C27H28N2O3/c1-31-24-14-11-20(17-25(24)32-2)8-7-19-9-12-22(13-10-19)27(30)18-21-5-3-4-6-23(21)26-28-15-16-29(26)27/h3-6,9-14,17,30H,7-8,15-16,18H2,1-2H3. The van der Waals surface area contributed by atoms with Crippen LogP contribution < -0.4 is 9.47 Å². The van der Waals surface area contributed by atoms with Gasteiger partial charge in [0, 0.05) is 24.1 Å². The molecular weight excluding hydrogens is 400 g/mol. The number of hydrogen-bond acceptors (Lipinski definition) is 5. The molecular formula is C27H28N2O3. The summed E-state index contributed by atoms with van der Waals surface area (Å²) in [5.74, 6) is 2.41. The molecule has 0 fully saturated rings. The summed E-state index contributed by atoms with van der Waals surface area (Å²) in [6.45, 7) is 1.45. The number of nitrogens with zero attached hydrogens (tertiary/aromatic N) is 2. The van der Waals surface area contributed by atoms with Gasteiger partial charge < -0.3 is 19.5 Å². The van der Waals surface area contributed by atoms with E-state index in [0.717, 1.165) is 60.0 Å². The topological polar surface area (TPSA) is 54.3 Å². The highest BCUT2D eigenvalue weighted by Crippen LogP contribution is 2.38. The van der Waals surface area contributed by atoms with Gasteiger partial charge in [-0.25, -0.2) is 0 Å². The van der Waals surface area contributed by atoms with Gasteiger partial charge in [0.25, 0.3) is 0 Å². The minimum Gasteiger partial charge on any atom is -0.493 e. The van der Waals surface area contributed by atoms with Crippen molar-refractivity contribution >= 4 is 5.84 Å². The first kappa shape index (κ1) is 20.6. The summed E-state index contributed by atoms with van der Waals surface area (Å²) in [7, 11) is 3.31. The van der Waals surface area contributed by atoms with Gasteiger partial charge in [-0.05, 0) is 41.7 Å². The Balaban J connectivity index is 1.34. The van der Waals surface area contributed by atoms with E-state index in [9.17, 15) is 5.11 Å². The van der Waals surface area contributed by atoms with Crippen LogP contribution in [0.25, 0.3) is 0 Å². The maximum absolute atomic E-state index is 11.8. The number of aliphatic hydroxyl groups is 1. The molecule has 5 nitrogen and oxygen atoms in total. The number of rotatable bonds is 6. The van der Waals surface area contributed by atoms with E-state index in [0.29, 0.717) is 6.42 Å². The summed E-state index contributed by atoms with van der Waals surface area (Å²) in [6.07, 6.45) is 2.38. The molecule has 0 bridgehead atoms. The van der Waals surface area contributed by atoms with Crippen molar-refractivity contribution in [2.45, 2.75) is 25.0 Å². The molecule has 1 unspecified atom stereocenters. The molecule has 0 amide bonds. The van der Waals surface area contributed by atoms with Gasteiger partial charge in [-0.15, -0.1) is 0 Å². The van der Waals surface area contributed by atoms with Crippen LogP contribution in [-0.4, -0.2) is 43.2 Å². The minimum absolute atomic E-state index is 0.563. The van der Waals surface area contributed by atoms with Gasteiger partial charge in [0.05, 0.1) is 20.8 Å². The first-order chi connectivity index (χ1) is 15.6. The van der Waals surface area contributed by atoms with Crippen LogP contribution in [0.4, 0.5) is 0 Å². The monoisotopic (exact) mass is 428 g/mol. The van der Waals surface area contributed by atoms with Gasteiger partial charge in [0.2, 0.25) is 0 Å². The molecule has 2 aliphatic heterocycles. The third-order valence-corrected chi connectivity index (χ3v) is 6.55. The molecule has 0 aliphatic carbocycles. The van der Waals surface area contributed by atoms with Crippen LogP contribution in [0.3, 0.4) is 0 Å². The zero-order chi connectivity index (χ0) is 22.1. The molecule has 0 saturated carbocycles. The first-order valence-electron chi connectivity index (χ1n) is 11.1. The smallest absolute Gasteiger partial charge is 0.169 e. The summed E-state index contributed by atoms with van der Waals surface area (Å²) in [6, 6.07) is 22.7. The SMILES string of the molecule is COc1ccc(CCc2ccc(C3(O)Cc4ccccc4C4=NCCN43)cc2)cc1OC. The largest absolute Gasteiger partial charge is 0.493 e. The van der Waals surface area contributed by atoms with Gasteiger partial charge >= 0.3 is 0 Å². The Kier molecular flexibility index (Phi) is 5.35. The highest BCUT2D eigenvalue weighted by atomic mass is 16.5. The highest BCUT2D eigenvalue weighted by Gasteiger charge is 2.44. The van der Waals surface area contributed by atoms with Crippen LogP contribution in [-0.2, 0) is 25.0 Å². The van der Waals surface area contributed by atoms with E-state index < -0.39 is 5.72 Å². The van der Waals surface area contributed by atoms with Crippen molar-refractivity contribution in [3.8, 4) is 11.5 Å². The fraction of sp³-hybridized carbons (Fsp3) is 0.296. The van der Waals surface area contributed by atoms with Crippen molar-refractivity contribution in [1.29, 1.82) is 0 Å². The van der Waals surface area contributed by atoms with E-state index >= 15 is 0 Å². The van der Waals surface area contributed by atoms with E-state index in [2.05, 4.69) is 47.4 Å². The van der Waals surface area contributed by atoms with Crippen molar-refractivity contribution in [1.82, 2.24) is 4.90 Å². The van der Waals surface area contributed by atoms with Crippen LogP contribution >= 0.6 is 0 Å². The number of hydrogen-bond donors (Lipinski definition) is 1. The van der Waals surface area contributed by atoms with Crippen molar-refractivity contribution in [2.24, 2.45) is 4.99 Å². The summed E-state index contributed by atoms with van der Waals surface area (Å²) in [5.41, 5.74) is 4.57. The van der Waals surface area contributed by atoms with E-state index in [4.69, 9.17) is 14.5 Å². The molecule has 5 rings (SSSR count). The summed E-state index contributed by atoms with van der Waals surface area (Å²) >= 11 is 0. The lowest BCUT2D eigenvalue weighted by molar-refractivity contribution is -0.0745. The number of fused-ring (bicyclic) bond motifs is 3. The maximum atomic E-state index is 11.8. The van der Waals surface area contributed by atoms with Crippen molar-refractivity contribution < 1.29 is 14.6 Å². The lowest BCUT2D eigenvalue weighted by Crippen LogP contribution is -2.53. The highest BCUT2D eigenvalue weighted by molar-refractivity contribution is 6.02. The van der Waals surface area contributed by atoms with Crippen LogP contribution in [0.1, 0.15) is 27.8 Å². The van der Waals surface area contributed by atoms with Gasteiger partial charge in [-0.2, -0.15) is 0 Å². The van der Waals surface area contributed by atoms with Crippen molar-refractivity contribution in [3.63, 3.8) is 0 Å². The average Bonchev–Trinajstić information content (AvgIpc) is 3.34. The second kappa shape index (κ2) is 8.32. The number of ether oxygens (including phenoxy) is 2. The lowest BCUT2D eigenvalue weighted by atomic mass is 9.86.